The maximum atomic E-state index is 2.52. The minimum atomic E-state index is -0.574. The van der Waals surface area contributed by atoms with E-state index >= 15 is 0 Å². The van der Waals surface area contributed by atoms with Gasteiger partial charge in [0.1, 0.15) is 0 Å². The molecule has 348 valence electrons. The van der Waals surface area contributed by atoms with Crippen LogP contribution in [0.3, 0.4) is 0 Å². The average molecular weight is 944 g/mol. The third-order valence-corrected chi connectivity index (χ3v) is 15.2. The van der Waals surface area contributed by atoms with Gasteiger partial charge in [-0.15, -0.1) is 0 Å². The van der Waals surface area contributed by atoms with Crippen LogP contribution >= 0.6 is 0 Å². The van der Waals surface area contributed by atoms with Crippen molar-refractivity contribution < 1.29 is 0 Å². The van der Waals surface area contributed by atoms with Gasteiger partial charge in [0.2, 0.25) is 0 Å². The lowest BCUT2D eigenvalue weighted by Gasteiger charge is -2.34. The zero-order valence-corrected chi connectivity index (χ0v) is 40.6. The van der Waals surface area contributed by atoms with Crippen molar-refractivity contribution >= 4 is 62.0 Å². The predicted molar refractivity (Wildman–Crippen MR) is 310 cm³/mol. The van der Waals surface area contributed by atoms with Crippen LogP contribution in [0.15, 0.2) is 297 Å². The summed E-state index contributed by atoms with van der Waals surface area (Å²) in [5.74, 6) is 0. The number of anilines is 9. The number of fused-ring (bicyclic) bond motifs is 11. The van der Waals surface area contributed by atoms with Crippen molar-refractivity contribution in [3.05, 3.63) is 320 Å². The van der Waals surface area contributed by atoms with Crippen LogP contribution in [-0.4, -0.2) is 0 Å². The summed E-state index contributed by atoms with van der Waals surface area (Å²) in [6.07, 6.45) is 0. The van der Waals surface area contributed by atoms with Crippen LogP contribution in [-0.2, 0) is 5.41 Å². The van der Waals surface area contributed by atoms with Crippen molar-refractivity contribution in [2.24, 2.45) is 0 Å². The second kappa shape index (κ2) is 17.9. The Balaban J connectivity index is 1.08. The molecule has 3 nitrogen and oxygen atoms in total. The minimum absolute atomic E-state index is 0.574. The third-order valence-electron chi connectivity index (χ3n) is 15.2. The van der Waals surface area contributed by atoms with Gasteiger partial charge in [0.15, 0.2) is 0 Å². The van der Waals surface area contributed by atoms with Gasteiger partial charge in [0.25, 0.3) is 0 Å². The van der Waals surface area contributed by atoms with E-state index in [-0.39, 0.29) is 0 Å². The molecule has 74 heavy (non-hydrogen) atoms. The Labute approximate surface area is 432 Å². The molecule has 1 spiro atoms. The first-order valence-electron chi connectivity index (χ1n) is 25.5. The number of nitrogens with zero attached hydrogens (tertiary/aromatic N) is 3. The Morgan fingerprint density at radius 2 is 0.595 bits per heavy atom. The van der Waals surface area contributed by atoms with Crippen molar-refractivity contribution in [3.8, 4) is 33.4 Å². The second-order valence-electron chi connectivity index (χ2n) is 19.3. The van der Waals surface area contributed by atoms with Gasteiger partial charge in [-0.05, 0) is 157 Å². The number of para-hydroxylation sites is 4. The van der Waals surface area contributed by atoms with Crippen LogP contribution < -0.4 is 14.7 Å². The van der Waals surface area contributed by atoms with E-state index in [9.17, 15) is 0 Å². The van der Waals surface area contributed by atoms with Crippen molar-refractivity contribution in [2.75, 3.05) is 14.7 Å². The number of rotatable bonds is 10. The largest absolute Gasteiger partial charge is 0.310 e. The van der Waals surface area contributed by atoms with E-state index < -0.39 is 5.41 Å². The van der Waals surface area contributed by atoms with Gasteiger partial charge >= 0.3 is 0 Å². The highest BCUT2D eigenvalue weighted by atomic mass is 15.2. The van der Waals surface area contributed by atoms with Crippen LogP contribution in [0.4, 0.5) is 51.2 Å². The fourth-order valence-electron chi connectivity index (χ4n) is 12.1. The molecule has 0 aromatic heterocycles. The molecule has 0 N–H and O–H groups in total. The van der Waals surface area contributed by atoms with Gasteiger partial charge in [0.05, 0.1) is 22.5 Å². The third kappa shape index (κ3) is 6.97. The molecule has 0 radical (unpaired) electrons. The van der Waals surface area contributed by atoms with E-state index in [1.165, 1.54) is 66.4 Å². The van der Waals surface area contributed by atoms with E-state index in [1.54, 1.807) is 0 Å². The zero-order chi connectivity index (χ0) is 49.0. The Kier molecular flexibility index (Phi) is 10.4. The average Bonchev–Trinajstić information content (AvgIpc) is 3.94. The van der Waals surface area contributed by atoms with E-state index in [4.69, 9.17) is 0 Å². The molecule has 0 atom stereocenters. The molecule has 14 rings (SSSR count). The number of hydrogen-bond acceptors (Lipinski definition) is 3. The molecule has 0 aliphatic heterocycles. The van der Waals surface area contributed by atoms with Gasteiger partial charge < -0.3 is 14.7 Å². The summed E-state index contributed by atoms with van der Waals surface area (Å²) in [7, 11) is 0. The van der Waals surface area contributed by atoms with E-state index in [1.807, 2.05) is 0 Å². The lowest BCUT2D eigenvalue weighted by molar-refractivity contribution is 0.794. The molecule has 0 heterocycles. The summed E-state index contributed by atoms with van der Waals surface area (Å²) in [6.45, 7) is 0. The molecular formula is C71H49N3. The maximum Gasteiger partial charge on any atom is 0.0726 e. The predicted octanol–water partition coefficient (Wildman–Crippen LogP) is 19.3. The molecule has 2 aliphatic rings. The zero-order valence-electron chi connectivity index (χ0n) is 40.6. The van der Waals surface area contributed by atoms with Crippen molar-refractivity contribution in [1.82, 2.24) is 0 Å². The normalized spacial score (nSPS) is 12.4. The van der Waals surface area contributed by atoms with Crippen molar-refractivity contribution in [1.29, 1.82) is 0 Å². The molecule has 12 aromatic carbocycles. The first kappa shape index (κ1) is 43.1. The molecule has 0 fully saturated rings. The molecule has 0 unspecified atom stereocenters. The standard InChI is InChI=1S/C71H49N3/c1-6-24-51(25-7-1)62-37-22-40-68-70(62)65-44-43-58(49-69(65)71(68)66-38-20-18-35-63(66)64-36-19-21-39-67(64)71)74(57-42-41-50-23-16-17-26-52(50)45-57)61-47-59(72(53-27-8-2-9-28-53)54-29-10-3-11-30-54)46-60(48-61)73(55-31-12-4-13-32-55)56-33-14-5-15-34-56/h1-49H. The first-order valence-corrected chi connectivity index (χ1v) is 25.5. The molecular weight excluding hydrogens is 895 g/mol. The Morgan fingerprint density at radius 1 is 0.203 bits per heavy atom. The van der Waals surface area contributed by atoms with Gasteiger partial charge in [0, 0.05) is 34.1 Å². The highest BCUT2D eigenvalue weighted by Crippen LogP contribution is 2.65. The van der Waals surface area contributed by atoms with Crippen LogP contribution in [0, 0.1) is 0 Å². The Bertz CT molecular complexity index is 3800. The summed E-state index contributed by atoms with van der Waals surface area (Å²) in [4.78, 5) is 7.25. The Hall–Kier alpha value is -9.70. The fraction of sp³-hybridized carbons (Fsp3) is 0.0141. The first-order chi connectivity index (χ1) is 36.7. The SMILES string of the molecule is c1ccc(-c2cccc3c2-c2ccc(N(c4cc(N(c5ccccc5)c5ccccc5)cc(N(c5ccccc5)c5ccccc5)c4)c4ccc5ccccc5c4)cc2C32c3ccccc3-c3ccccc32)cc1. The molecule has 0 bridgehead atoms. The number of benzene rings is 12. The van der Waals surface area contributed by atoms with Crippen LogP contribution in [0.25, 0.3) is 44.2 Å². The van der Waals surface area contributed by atoms with Gasteiger partial charge in [-0.3, -0.25) is 0 Å². The fourth-order valence-corrected chi connectivity index (χ4v) is 12.1. The molecule has 0 saturated carbocycles. The monoisotopic (exact) mass is 943 g/mol. The minimum Gasteiger partial charge on any atom is -0.310 e. The second-order valence-corrected chi connectivity index (χ2v) is 19.3. The summed E-state index contributed by atoms with van der Waals surface area (Å²) >= 11 is 0. The summed E-state index contributed by atoms with van der Waals surface area (Å²) < 4.78 is 0. The van der Waals surface area contributed by atoms with Crippen LogP contribution in [0.1, 0.15) is 22.3 Å². The molecule has 12 aromatic rings. The topological polar surface area (TPSA) is 9.72 Å². The van der Waals surface area contributed by atoms with E-state index in [0.717, 1.165) is 51.2 Å². The van der Waals surface area contributed by atoms with Crippen molar-refractivity contribution in [2.45, 2.75) is 5.41 Å². The molecule has 0 saturated heterocycles. The quantitative estimate of drug-likeness (QED) is 0.135. The van der Waals surface area contributed by atoms with E-state index in [0.29, 0.717) is 0 Å². The van der Waals surface area contributed by atoms with E-state index in [2.05, 4.69) is 312 Å². The highest BCUT2D eigenvalue weighted by Gasteiger charge is 2.52. The molecule has 3 heteroatoms. The molecule has 0 amide bonds. The summed E-state index contributed by atoms with van der Waals surface area (Å²) in [5.41, 5.74) is 21.6. The Morgan fingerprint density at radius 3 is 1.12 bits per heavy atom. The lowest BCUT2D eigenvalue weighted by atomic mass is 9.70. The van der Waals surface area contributed by atoms with Gasteiger partial charge in [-0.1, -0.05) is 206 Å². The molecule has 2 aliphatic carbocycles. The lowest BCUT2D eigenvalue weighted by Crippen LogP contribution is -2.26. The highest BCUT2D eigenvalue weighted by molar-refractivity contribution is 6.02. The van der Waals surface area contributed by atoms with Crippen LogP contribution in [0.2, 0.25) is 0 Å². The smallest absolute Gasteiger partial charge is 0.0726 e. The maximum absolute atomic E-state index is 2.52. The van der Waals surface area contributed by atoms with Crippen LogP contribution in [0.5, 0.6) is 0 Å². The van der Waals surface area contributed by atoms with Gasteiger partial charge in [-0.2, -0.15) is 0 Å². The summed E-state index contributed by atoms with van der Waals surface area (Å²) in [6, 6.07) is 109. The van der Waals surface area contributed by atoms with Crippen molar-refractivity contribution in [3.63, 3.8) is 0 Å². The summed E-state index contributed by atoms with van der Waals surface area (Å²) in [5, 5.41) is 2.37. The number of hydrogen-bond donors (Lipinski definition) is 0. The van der Waals surface area contributed by atoms with Gasteiger partial charge in [-0.25, -0.2) is 0 Å².